The molecule has 2 unspecified atom stereocenters. The summed E-state index contributed by atoms with van der Waals surface area (Å²) >= 11 is 0. The Hall–Kier alpha value is -0.0400. The lowest BCUT2D eigenvalue weighted by Crippen LogP contribution is -2.34. The van der Waals surface area contributed by atoms with E-state index in [9.17, 15) is 5.11 Å². The Kier molecular flexibility index (Phi) is 7.26. The number of hydrogen-bond donors (Lipinski definition) is 0. The maximum absolute atomic E-state index is 12.6. The van der Waals surface area contributed by atoms with Crippen LogP contribution in [0, 0.1) is 5.92 Å². The van der Waals surface area contributed by atoms with Gasteiger partial charge in [0.15, 0.2) is 0 Å². The van der Waals surface area contributed by atoms with Crippen LogP contribution < -0.4 is 0 Å². The van der Waals surface area contributed by atoms with Crippen LogP contribution in [0.25, 0.3) is 0 Å². The Morgan fingerprint density at radius 2 is 1.64 bits per heavy atom. The van der Waals surface area contributed by atoms with Gasteiger partial charge in [0.1, 0.15) is 5.60 Å². The van der Waals surface area contributed by atoms with Crippen molar-refractivity contribution in [3.63, 3.8) is 0 Å². The molecule has 0 saturated carbocycles. The summed E-state index contributed by atoms with van der Waals surface area (Å²) in [4.78, 5) is 0. The van der Waals surface area contributed by atoms with Crippen LogP contribution >= 0.6 is 0 Å². The summed E-state index contributed by atoms with van der Waals surface area (Å²) in [7, 11) is 0. The molecule has 1 nitrogen and oxygen atoms in total. The molecular formula is C13H27O. The van der Waals surface area contributed by atoms with Crippen LogP contribution in [0.4, 0.5) is 0 Å². The van der Waals surface area contributed by atoms with E-state index in [1.807, 2.05) is 0 Å². The summed E-state index contributed by atoms with van der Waals surface area (Å²) in [6, 6.07) is 0. The predicted molar refractivity (Wildman–Crippen MR) is 61.9 cm³/mol. The molecule has 0 aromatic rings. The molecule has 0 saturated heterocycles. The van der Waals surface area contributed by atoms with E-state index in [0.29, 0.717) is 5.92 Å². The molecule has 2 atom stereocenters. The fourth-order valence-corrected chi connectivity index (χ4v) is 2.21. The first-order chi connectivity index (χ1) is 6.60. The summed E-state index contributed by atoms with van der Waals surface area (Å²) in [6.07, 6.45) is 7.23. The van der Waals surface area contributed by atoms with Crippen molar-refractivity contribution in [2.24, 2.45) is 5.92 Å². The van der Waals surface area contributed by atoms with Gasteiger partial charge in [0.05, 0.1) is 0 Å². The smallest absolute Gasteiger partial charge is 0.106 e. The van der Waals surface area contributed by atoms with Crippen LogP contribution in [0.3, 0.4) is 0 Å². The zero-order valence-corrected chi connectivity index (χ0v) is 10.4. The average molecular weight is 199 g/mol. The molecule has 1 heteroatoms. The molecule has 0 bridgehead atoms. The molecule has 0 fully saturated rings. The van der Waals surface area contributed by atoms with Gasteiger partial charge in [-0.25, -0.2) is 5.11 Å². The van der Waals surface area contributed by atoms with Gasteiger partial charge in [-0.15, -0.1) is 0 Å². The second-order valence-electron chi connectivity index (χ2n) is 4.61. The van der Waals surface area contributed by atoms with Crippen LogP contribution in [0.1, 0.15) is 72.6 Å². The lowest BCUT2D eigenvalue weighted by molar-refractivity contribution is -0.0897. The molecule has 14 heavy (non-hydrogen) atoms. The van der Waals surface area contributed by atoms with Gasteiger partial charge < -0.3 is 0 Å². The molecule has 0 heterocycles. The minimum absolute atomic E-state index is 0.346. The van der Waals surface area contributed by atoms with Crippen molar-refractivity contribution in [3.8, 4) is 0 Å². The zero-order chi connectivity index (χ0) is 11.0. The van der Waals surface area contributed by atoms with Crippen molar-refractivity contribution in [1.82, 2.24) is 0 Å². The van der Waals surface area contributed by atoms with E-state index in [1.165, 1.54) is 0 Å². The Labute approximate surface area is 89.9 Å². The summed E-state index contributed by atoms with van der Waals surface area (Å²) in [5, 5.41) is 12.6. The van der Waals surface area contributed by atoms with Gasteiger partial charge in [-0.05, 0) is 25.2 Å². The van der Waals surface area contributed by atoms with Gasteiger partial charge in [-0.3, -0.25) is 0 Å². The highest BCUT2D eigenvalue weighted by molar-refractivity contribution is 4.83. The van der Waals surface area contributed by atoms with Crippen molar-refractivity contribution in [2.45, 2.75) is 78.2 Å². The molecule has 0 rings (SSSR count). The highest BCUT2D eigenvalue weighted by atomic mass is 16.3. The number of rotatable bonds is 8. The van der Waals surface area contributed by atoms with E-state index in [4.69, 9.17) is 0 Å². The number of hydrogen-bond acceptors (Lipinski definition) is 0. The molecule has 0 aromatic heterocycles. The Bertz CT molecular complexity index is 133. The van der Waals surface area contributed by atoms with Gasteiger partial charge in [-0.2, -0.15) is 0 Å². The maximum Gasteiger partial charge on any atom is 0.106 e. The molecular weight excluding hydrogens is 172 g/mol. The van der Waals surface area contributed by atoms with Crippen LogP contribution in [0.2, 0.25) is 0 Å². The van der Waals surface area contributed by atoms with Gasteiger partial charge >= 0.3 is 0 Å². The van der Waals surface area contributed by atoms with Gasteiger partial charge in [-0.1, -0.05) is 53.4 Å². The lowest BCUT2D eigenvalue weighted by Gasteiger charge is -2.31. The molecule has 0 aromatic carbocycles. The molecule has 0 N–H and O–H groups in total. The second kappa shape index (κ2) is 7.28. The summed E-state index contributed by atoms with van der Waals surface area (Å²) < 4.78 is 0. The van der Waals surface area contributed by atoms with E-state index >= 15 is 0 Å². The van der Waals surface area contributed by atoms with Crippen LogP contribution in [-0.4, -0.2) is 5.60 Å². The topological polar surface area (TPSA) is 19.9 Å². The molecule has 0 aliphatic carbocycles. The normalized spacial score (nSPS) is 17.8. The summed E-state index contributed by atoms with van der Waals surface area (Å²) in [5.41, 5.74) is -0.638. The third-order valence-electron chi connectivity index (χ3n) is 3.25. The Morgan fingerprint density at radius 3 is 2.07 bits per heavy atom. The third kappa shape index (κ3) is 4.45. The first-order valence-electron chi connectivity index (χ1n) is 6.31. The second-order valence-corrected chi connectivity index (χ2v) is 4.61. The van der Waals surface area contributed by atoms with E-state index in [-0.39, 0.29) is 0 Å². The zero-order valence-electron chi connectivity index (χ0n) is 10.4. The largest absolute Gasteiger partial charge is 0.229 e. The minimum atomic E-state index is -0.638. The molecule has 0 amide bonds. The first-order valence-corrected chi connectivity index (χ1v) is 6.31. The van der Waals surface area contributed by atoms with Crippen molar-refractivity contribution < 1.29 is 5.11 Å². The fraction of sp³-hybridized carbons (Fsp3) is 1.00. The first kappa shape index (κ1) is 14.0. The van der Waals surface area contributed by atoms with Crippen molar-refractivity contribution in [3.05, 3.63) is 0 Å². The Morgan fingerprint density at radius 1 is 1.00 bits per heavy atom. The van der Waals surface area contributed by atoms with Gasteiger partial charge in [0, 0.05) is 0 Å². The molecule has 0 spiro atoms. The summed E-state index contributed by atoms with van der Waals surface area (Å²) in [6.45, 7) is 8.60. The van der Waals surface area contributed by atoms with Crippen LogP contribution in [0.5, 0.6) is 0 Å². The monoisotopic (exact) mass is 199 g/mol. The van der Waals surface area contributed by atoms with Crippen molar-refractivity contribution in [2.75, 3.05) is 0 Å². The Balaban J connectivity index is 4.19. The standard InChI is InChI=1S/C13H27O/c1-5-8-11-13(14,10-7-3)12(4)9-6-2/h12H,5-11H2,1-4H3. The van der Waals surface area contributed by atoms with Crippen LogP contribution in [0.15, 0.2) is 0 Å². The minimum Gasteiger partial charge on any atom is -0.229 e. The van der Waals surface area contributed by atoms with Crippen LogP contribution in [-0.2, 0) is 5.11 Å². The van der Waals surface area contributed by atoms with Gasteiger partial charge in [0.25, 0.3) is 0 Å². The molecule has 0 aliphatic heterocycles. The van der Waals surface area contributed by atoms with E-state index < -0.39 is 5.60 Å². The van der Waals surface area contributed by atoms with Gasteiger partial charge in [0.2, 0.25) is 0 Å². The van der Waals surface area contributed by atoms with Crippen molar-refractivity contribution in [1.29, 1.82) is 0 Å². The van der Waals surface area contributed by atoms with E-state index in [1.54, 1.807) is 0 Å². The molecule has 85 valence electrons. The number of unbranched alkanes of at least 4 members (excludes halogenated alkanes) is 1. The molecule has 0 aliphatic rings. The van der Waals surface area contributed by atoms with E-state index in [0.717, 1.165) is 44.9 Å². The highest BCUT2D eigenvalue weighted by Gasteiger charge is 2.33. The SMILES string of the molecule is CCCCC([O])(CCC)C(C)CCC. The summed E-state index contributed by atoms with van der Waals surface area (Å²) in [5.74, 6) is 0.346. The third-order valence-corrected chi connectivity index (χ3v) is 3.25. The van der Waals surface area contributed by atoms with Crippen molar-refractivity contribution >= 4 is 0 Å². The average Bonchev–Trinajstić information content (AvgIpc) is 2.15. The quantitative estimate of drug-likeness (QED) is 0.545. The van der Waals surface area contributed by atoms with E-state index in [2.05, 4.69) is 27.7 Å². The highest BCUT2D eigenvalue weighted by Crippen LogP contribution is 2.32. The predicted octanol–water partition coefficient (Wildman–Crippen LogP) is 4.58. The lowest BCUT2D eigenvalue weighted by atomic mass is 9.79. The maximum atomic E-state index is 12.6. The molecule has 1 radical (unpaired) electrons. The fourth-order valence-electron chi connectivity index (χ4n) is 2.21.